The fraction of sp³-hybridized carbons (Fsp3) is 0.133. The Labute approximate surface area is 134 Å². The molecule has 2 aromatic rings. The van der Waals surface area contributed by atoms with Gasteiger partial charge in [0, 0.05) is 22.4 Å². The van der Waals surface area contributed by atoms with Crippen molar-refractivity contribution in [2.24, 2.45) is 0 Å². The molecule has 0 fully saturated rings. The number of hydrogen-bond donors (Lipinski definition) is 0. The Morgan fingerprint density at radius 1 is 1.14 bits per heavy atom. The van der Waals surface area contributed by atoms with Crippen molar-refractivity contribution in [3.8, 4) is 11.5 Å². The molecule has 0 spiro atoms. The molecule has 7 heteroatoms. The number of rotatable bonds is 4. The van der Waals surface area contributed by atoms with Crippen LogP contribution in [0.3, 0.4) is 0 Å². The van der Waals surface area contributed by atoms with Crippen molar-refractivity contribution in [2.75, 3.05) is 13.4 Å². The van der Waals surface area contributed by atoms with Gasteiger partial charge in [-0.1, -0.05) is 0 Å². The lowest BCUT2D eigenvalue weighted by molar-refractivity contribution is 0.0474. The lowest BCUT2D eigenvalue weighted by Gasteiger charge is -2.05. The predicted molar refractivity (Wildman–Crippen MR) is 79.1 cm³/mol. The molecule has 0 amide bonds. The summed E-state index contributed by atoms with van der Waals surface area (Å²) in [6.45, 7) is -0.229. The third kappa shape index (κ3) is 3.09. The highest BCUT2D eigenvalue weighted by Gasteiger charge is 2.18. The number of pyridine rings is 1. The summed E-state index contributed by atoms with van der Waals surface area (Å²) in [5, 5.41) is 0. The van der Waals surface area contributed by atoms with Crippen molar-refractivity contribution in [1.29, 1.82) is 0 Å². The molecule has 1 aliphatic heterocycles. The first-order chi connectivity index (χ1) is 10.6. The zero-order valence-corrected chi connectivity index (χ0v) is 12.8. The summed E-state index contributed by atoms with van der Waals surface area (Å²) in [4.78, 5) is 27.8. The standard InChI is InChI=1S/C15H10BrNO5/c16-11-3-10(5-17-6-11)12(18)7-20-15(19)9-1-2-13-14(4-9)22-8-21-13/h1-6H,7-8H2. The first-order valence-corrected chi connectivity index (χ1v) is 7.13. The van der Waals surface area contributed by atoms with E-state index in [1.165, 1.54) is 12.3 Å². The molecule has 0 aliphatic carbocycles. The molecular weight excluding hydrogens is 354 g/mol. The minimum Gasteiger partial charge on any atom is -0.454 e. The Balaban J connectivity index is 1.64. The second-order valence-electron chi connectivity index (χ2n) is 4.46. The second kappa shape index (κ2) is 6.15. The van der Waals surface area contributed by atoms with E-state index in [4.69, 9.17) is 14.2 Å². The van der Waals surface area contributed by atoms with Crippen molar-refractivity contribution < 1.29 is 23.8 Å². The Bertz CT molecular complexity index is 746. The summed E-state index contributed by atoms with van der Waals surface area (Å²) in [6, 6.07) is 6.32. The van der Waals surface area contributed by atoms with Crippen molar-refractivity contribution in [2.45, 2.75) is 0 Å². The Hall–Kier alpha value is -2.41. The Morgan fingerprint density at radius 3 is 2.77 bits per heavy atom. The molecular formula is C15H10BrNO5. The highest BCUT2D eigenvalue weighted by Crippen LogP contribution is 2.32. The fourth-order valence-electron chi connectivity index (χ4n) is 1.89. The largest absolute Gasteiger partial charge is 0.454 e. The van der Waals surface area contributed by atoms with Gasteiger partial charge in [-0.05, 0) is 40.2 Å². The van der Waals surface area contributed by atoms with Gasteiger partial charge in [-0.25, -0.2) is 4.79 Å². The van der Waals surface area contributed by atoms with Gasteiger partial charge in [0.1, 0.15) is 0 Å². The van der Waals surface area contributed by atoms with Gasteiger partial charge in [-0.15, -0.1) is 0 Å². The van der Waals surface area contributed by atoms with Crippen LogP contribution in [0, 0.1) is 0 Å². The molecule has 0 saturated carbocycles. The van der Waals surface area contributed by atoms with E-state index in [0.717, 1.165) is 0 Å². The summed E-state index contributed by atoms with van der Waals surface area (Å²) >= 11 is 3.23. The van der Waals surface area contributed by atoms with E-state index < -0.39 is 5.97 Å². The topological polar surface area (TPSA) is 74.7 Å². The normalized spacial score (nSPS) is 12.0. The molecule has 0 N–H and O–H groups in total. The lowest BCUT2D eigenvalue weighted by Crippen LogP contribution is -2.14. The number of carbonyl (C=O) groups is 2. The summed E-state index contributed by atoms with van der Waals surface area (Å²) in [6.07, 6.45) is 2.98. The van der Waals surface area contributed by atoms with Crippen LogP contribution in [0.25, 0.3) is 0 Å². The van der Waals surface area contributed by atoms with E-state index in [2.05, 4.69) is 20.9 Å². The van der Waals surface area contributed by atoms with Crippen LogP contribution in [-0.4, -0.2) is 30.1 Å². The first kappa shape index (κ1) is 14.5. The number of ether oxygens (including phenoxy) is 3. The van der Waals surface area contributed by atoms with Crippen LogP contribution in [-0.2, 0) is 4.74 Å². The average Bonchev–Trinajstić information content (AvgIpc) is 2.99. The SMILES string of the molecule is O=C(COC(=O)c1ccc2c(c1)OCO2)c1cncc(Br)c1. The molecule has 6 nitrogen and oxygen atoms in total. The number of hydrogen-bond acceptors (Lipinski definition) is 6. The number of ketones is 1. The molecule has 22 heavy (non-hydrogen) atoms. The number of aromatic nitrogens is 1. The molecule has 2 heterocycles. The van der Waals surface area contributed by atoms with Gasteiger partial charge in [-0.3, -0.25) is 9.78 Å². The number of halogens is 1. The van der Waals surface area contributed by atoms with Crippen LogP contribution >= 0.6 is 15.9 Å². The van der Waals surface area contributed by atoms with Crippen LogP contribution in [0.1, 0.15) is 20.7 Å². The minimum absolute atomic E-state index is 0.127. The van der Waals surface area contributed by atoms with Gasteiger partial charge >= 0.3 is 5.97 Å². The maximum Gasteiger partial charge on any atom is 0.338 e. The van der Waals surface area contributed by atoms with Crippen LogP contribution < -0.4 is 9.47 Å². The van der Waals surface area contributed by atoms with Crippen molar-refractivity contribution in [1.82, 2.24) is 4.98 Å². The van der Waals surface area contributed by atoms with Gasteiger partial charge in [0.05, 0.1) is 5.56 Å². The predicted octanol–water partition coefficient (Wildman–Crippen LogP) is 2.61. The van der Waals surface area contributed by atoms with Crippen molar-refractivity contribution in [3.63, 3.8) is 0 Å². The third-order valence-electron chi connectivity index (χ3n) is 2.97. The number of fused-ring (bicyclic) bond motifs is 1. The summed E-state index contributed by atoms with van der Waals surface area (Å²) in [7, 11) is 0. The van der Waals surface area contributed by atoms with E-state index in [-0.39, 0.29) is 19.2 Å². The Morgan fingerprint density at radius 2 is 1.95 bits per heavy atom. The maximum absolute atomic E-state index is 12.0. The van der Waals surface area contributed by atoms with Gasteiger partial charge in [0.25, 0.3) is 0 Å². The van der Waals surface area contributed by atoms with E-state index >= 15 is 0 Å². The van der Waals surface area contributed by atoms with E-state index in [1.807, 2.05) is 0 Å². The summed E-state index contributed by atoms with van der Waals surface area (Å²) in [5.41, 5.74) is 0.664. The molecule has 0 radical (unpaired) electrons. The van der Waals surface area contributed by atoms with Gasteiger partial charge in [-0.2, -0.15) is 0 Å². The van der Waals surface area contributed by atoms with Gasteiger partial charge in [0.15, 0.2) is 18.1 Å². The Kier molecular flexibility index (Phi) is 4.06. The molecule has 0 atom stereocenters. The van der Waals surface area contributed by atoms with Crippen molar-refractivity contribution in [3.05, 3.63) is 52.3 Å². The van der Waals surface area contributed by atoms with E-state index in [1.54, 1.807) is 24.4 Å². The summed E-state index contributed by atoms with van der Waals surface area (Å²) in [5.74, 6) is 0.127. The monoisotopic (exact) mass is 363 g/mol. The molecule has 3 rings (SSSR count). The molecule has 0 unspecified atom stereocenters. The number of esters is 1. The number of Topliss-reactive ketones (excluding diaryl/α,β-unsaturated/α-hetero) is 1. The van der Waals surface area contributed by atoms with E-state index in [0.29, 0.717) is 27.1 Å². The van der Waals surface area contributed by atoms with Crippen LogP contribution in [0.2, 0.25) is 0 Å². The number of carbonyl (C=O) groups excluding carboxylic acids is 2. The van der Waals surface area contributed by atoms with Gasteiger partial charge < -0.3 is 14.2 Å². The first-order valence-electron chi connectivity index (χ1n) is 6.34. The van der Waals surface area contributed by atoms with Crippen LogP contribution in [0.15, 0.2) is 41.1 Å². The fourth-order valence-corrected chi connectivity index (χ4v) is 2.25. The van der Waals surface area contributed by atoms with Crippen molar-refractivity contribution >= 4 is 27.7 Å². The van der Waals surface area contributed by atoms with Crippen LogP contribution in [0.5, 0.6) is 11.5 Å². The smallest absolute Gasteiger partial charge is 0.338 e. The zero-order chi connectivity index (χ0) is 15.5. The van der Waals surface area contributed by atoms with E-state index in [9.17, 15) is 9.59 Å². The zero-order valence-electron chi connectivity index (χ0n) is 11.2. The molecule has 1 aromatic carbocycles. The quantitative estimate of drug-likeness (QED) is 0.613. The molecule has 1 aromatic heterocycles. The maximum atomic E-state index is 12.0. The highest BCUT2D eigenvalue weighted by molar-refractivity contribution is 9.10. The molecule has 1 aliphatic rings. The highest BCUT2D eigenvalue weighted by atomic mass is 79.9. The second-order valence-corrected chi connectivity index (χ2v) is 5.37. The molecule has 0 bridgehead atoms. The number of nitrogens with zero attached hydrogens (tertiary/aromatic N) is 1. The minimum atomic E-state index is -0.602. The lowest BCUT2D eigenvalue weighted by atomic mass is 10.2. The third-order valence-corrected chi connectivity index (χ3v) is 3.40. The summed E-state index contributed by atoms with van der Waals surface area (Å²) < 4.78 is 16.0. The van der Waals surface area contributed by atoms with Gasteiger partial charge in [0.2, 0.25) is 12.6 Å². The molecule has 112 valence electrons. The molecule has 0 saturated heterocycles. The number of benzene rings is 1. The van der Waals surface area contributed by atoms with Crippen LogP contribution in [0.4, 0.5) is 0 Å². The average molecular weight is 364 g/mol.